The summed E-state index contributed by atoms with van der Waals surface area (Å²) in [5, 5.41) is 0. The predicted octanol–water partition coefficient (Wildman–Crippen LogP) is 3.53. The quantitative estimate of drug-likeness (QED) is 0.723. The van der Waals surface area contributed by atoms with Gasteiger partial charge in [0.05, 0.1) is 0 Å². The molecule has 1 aliphatic heterocycles. The highest BCUT2D eigenvalue weighted by Crippen LogP contribution is 2.23. The third-order valence-electron chi connectivity index (χ3n) is 2.89. The Morgan fingerprint density at radius 2 is 2.07 bits per heavy atom. The molecule has 80 valence electrons. The monoisotopic (exact) mass is 201 g/mol. The molecule has 0 spiro atoms. The topological polar surface area (TPSA) is 3.24 Å². The van der Waals surface area contributed by atoms with Crippen LogP contribution in [0, 0.1) is 0 Å². The summed E-state index contributed by atoms with van der Waals surface area (Å²) >= 11 is 0. The molecule has 1 aliphatic rings. The van der Waals surface area contributed by atoms with Gasteiger partial charge in [0.1, 0.15) is 0 Å². The van der Waals surface area contributed by atoms with Crippen molar-refractivity contribution >= 4 is 6.08 Å². The van der Waals surface area contributed by atoms with E-state index in [9.17, 15) is 0 Å². The fraction of sp³-hybridized carbons (Fsp3) is 0.429. The molecule has 0 amide bonds. The van der Waals surface area contributed by atoms with Crippen LogP contribution in [-0.2, 0) is 0 Å². The lowest BCUT2D eigenvalue weighted by atomic mass is 10.1. The maximum absolute atomic E-state index is 2.52. The summed E-state index contributed by atoms with van der Waals surface area (Å²) in [6.07, 6.45) is 6.14. The molecule has 15 heavy (non-hydrogen) atoms. The van der Waals surface area contributed by atoms with Gasteiger partial charge in [-0.3, -0.25) is 0 Å². The van der Waals surface area contributed by atoms with E-state index in [1.807, 2.05) is 0 Å². The first-order valence-corrected chi connectivity index (χ1v) is 5.90. The van der Waals surface area contributed by atoms with Crippen LogP contribution in [0.25, 0.3) is 6.08 Å². The zero-order valence-electron chi connectivity index (χ0n) is 9.45. The molecule has 1 heteroatoms. The Labute approximate surface area is 92.4 Å². The van der Waals surface area contributed by atoms with Crippen LogP contribution in [0.15, 0.2) is 36.0 Å². The molecule has 2 rings (SSSR count). The third kappa shape index (κ3) is 2.62. The maximum atomic E-state index is 2.52. The summed E-state index contributed by atoms with van der Waals surface area (Å²) in [7, 11) is 0. The predicted molar refractivity (Wildman–Crippen MR) is 65.5 cm³/mol. The molecule has 0 atom stereocenters. The molecule has 0 radical (unpaired) electrons. The molecule has 0 bridgehead atoms. The van der Waals surface area contributed by atoms with Crippen molar-refractivity contribution in [1.82, 2.24) is 4.90 Å². The Morgan fingerprint density at radius 1 is 1.27 bits per heavy atom. The van der Waals surface area contributed by atoms with E-state index in [2.05, 4.69) is 48.2 Å². The van der Waals surface area contributed by atoms with Crippen LogP contribution in [0.4, 0.5) is 0 Å². The van der Waals surface area contributed by atoms with E-state index in [-0.39, 0.29) is 0 Å². The molecule has 0 aliphatic carbocycles. The minimum absolute atomic E-state index is 1.21. The number of hydrogen-bond acceptors (Lipinski definition) is 1. The fourth-order valence-electron chi connectivity index (χ4n) is 2.18. The van der Waals surface area contributed by atoms with Crippen LogP contribution < -0.4 is 0 Å². The fourth-order valence-corrected chi connectivity index (χ4v) is 2.18. The zero-order valence-corrected chi connectivity index (χ0v) is 9.45. The Kier molecular flexibility index (Phi) is 3.44. The average molecular weight is 201 g/mol. The highest BCUT2D eigenvalue weighted by Gasteiger charge is 2.15. The summed E-state index contributed by atoms with van der Waals surface area (Å²) in [5.74, 6) is 0. The number of benzene rings is 1. The van der Waals surface area contributed by atoms with Gasteiger partial charge in [0.15, 0.2) is 0 Å². The van der Waals surface area contributed by atoms with Crippen LogP contribution in [0.5, 0.6) is 0 Å². The highest BCUT2D eigenvalue weighted by molar-refractivity contribution is 5.52. The molecule has 1 aromatic rings. The van der Waals surface area contributed by atoms with E-state index in [0.717, 1.165) is 0 Å². The van der Waals surface area contributed by atoms with Crippen molar-refractivity contribution in [2.75, 3.05) is 13.1 Å². The molecule has 0 unspecified atom stereocenters. The van der Waals surface area contributed by atoms with E-state index >= 15 is 0 Å². The van der Waals surface area contributed by atoms with Crippen molar-refractivity contribution in [2.24, 2.45) is 0 Å². The third-order valence-corrected chi connectivity index (χ3v) is 2.89. The lowest BCUT2D eigenvalue weighted by Gasteiger charge is -2.18. The Hall–Kier alpha value is -1.24. The number of rotatable bonds is 3. The van der Waals surface area contributed by atoms with E-state index in [4.69, 9.17) is 0 Å². The van der Waals surface area contributed by atoms with E-state index in [1.54, 1.807) is 0 Å². The van der Waals surface area contributed by atoms with Crippen LogP contribution in [0.3, 0.4) is 0 Å². The maximum Gasteiger partial charge on any atom is 0.0178 e. The molecular formula is C14H19N. The number of nitrogens with zero attached hydrogens (tertiary/aromatic N) is 1. The van der Waals surface area contributed by atoms with Gasteiger partial charge < -0.3 is 4.90 Å². The summed E-state index contributed by atoms with van der Waals surface area (Å²) in [6, 6.07) is 10.6. The molecule has 1 nitrogen and oxygen atoms in total. The highest BCUT2D eigenvalue weighted by atomic mass is 15.1. The van der Waals surface area contributed by atoms with Crippen molar-refractivity contribution in [3.63, 3.8) is 0 Å². The van der Waals surface area contributed by atoms with Crippen molar-refractivity contribution in [2.45, 2.75) is 26.2 Å². The summed E-state index contributed by atoms with van der Waals surface area (Å²) in [6.45, 7) is 4.70. The first-order chi connectivity index (χ1) is 7.40. The molecule has 1 aromatic carbocycles. The van der Waals surface area contributed by atoms with Gasteiger partial charge >= 0.3 is 0 Å². The lowest BCUT2D eigenvalue weighted by Crippen LogP contribution is -2.18. The SMILES string of the molecule is CCCN1CCC/C1=C\c1ccccc1. The molecule has 1 fully saturated rings. The Morgan fingerprint density at radius 3 is 2.80 bits per heavy atom. The number of likely N-dealkylation sites (tertiary alicyclic amines) is 1. The van der Waals surface area contributed by atoms with Gasteiger partial charge in [0.25, 0.3) is 0 Å². The minimum Gasteiger partial charge on any atom is -0.375 e. The molecule has 0 saturated carbocycles. The van der Waals surface area contributed by atoms with Crippen LogP contribution >= 0.6 is 0 Å². The van der Waals surface area contributed by atoms with Crippen LogP contribution in [0.2, 0.25) is 0 Å². The van der Waals surface area contributed by atoms with Gasteiger partial charge in [0, 0.05) is 18.8 Å². The second-order valence-electron chi connectivity index (χ2n) is 4.14. The van der Waals surface area contributed by atoms with Gasteiger partial charge in [0.2, 0.25) is 0 Å². The van der Waals surface area contributed by atoms with Crippen LogP contribution in [-0.4, -0.2) is 18.0 Å². The van der Waals surface area contributed by atoms with Crippen molar-refractivity contribution in [1.29, 1.82) is 0 Å². The molecule has 0 aromatic heterocycles. The van der Waals surface area contributed by atoms with Gasteiger partial charge in [-0.05, 0) is 30.9 Å². The summed E-state index contributed by atoms with van der Waals surface area (Å²) < 4.78 is 0. The Bertz CT molecular complexity index is 326. The first-order valence-electron chi connectivity index (χ1n) is 5.90. The van der Waals surface area contributed by atoms with Gasteiger partial charge in [-0.25, -0.2) is 0 Å². The lowest BCUT2D eigenvalue weighted by molar-refractivity contribution is 0.395. The summed E-state index contributed by atoms with van der Waals surface area (Å²) in [5.41, 5.74) is 2.85. The first kappa shape index (κ1) is 10.3. The minimum atomic E-state index is 1.21. The van der Waals surface area contributed by atoms with E-state index in [1.165, 1.54) is 43.6 Å². The second kappa shape index (κ2) is 5.01. The van der Waals surface area contributed by atoms with Crippen molar-refractivity contribution in [3.05, 3.63) is 41.6 Å². The van der Waals surface area contributed by atoms with Crippen LogP contribution in [0.1, 0.15) is 31.7 Å². The zero-order chi connectivity index (χ0) is 10.5. The molecule has 0 N–H and O–H groups in total. The average Bonchev–Trinajstić information content (AvgIpc) is 2.68. The smallest absolute Gasteiger partial charge is 0.0178 e. The molecule has 1 heterocycles. The van der Waals surface area contributed by atoms with E-state index in [0.29, 0.717) is 0 Å². The van der Waals surface area contributed by atoms with Gasteiger partial charge in [-0.15, -0.1) is 0 Å². The Balaban J connectivity index is 2.12. The van der Waals surface area contributed by atoms with Gasteiger partial charge in [-0.2, -0.15) is 0 Å². The standard InChI is InChI=1S/C14H19N/c1-2-10-15-11-6-9-14(15)12-13-7-4-3-5-8-13/h3-5,7-8,12H,2,6,9-11H2,1H3/b14-12+. The van der Waals surface area contributed by atoms with Crippen molar-refractivity contribution < 1.29 is 0 Å². The molecule has 1 saturated heterocycles. The van der Waals surface area contributed by atoms with Crippen molar-refractivity contribution in [3.8, 4) is 0 Å². The largest absolute Gasteiger partial charge is 0.375 e. The normalized spacial score (nSPS) is 18.7. The summed E-state index contributed by atoms with van der Waals surface area (Å²) in [4.78, 5) is 2.52. The second-order valence-corrected chi connectivity index (χ2v) is 4.14. The van der Waals surface area contributed by atoms with Gasteiger partial charge in [-0.1, -0.05) is 37.3 Å². The van der Waals surface area contributed by atoms with E-state index < -0.39 is 0 Å². The molecular weight excluding hydrogens is 182 g/mol. The number of allylic oxidation sites excluding steroid dienone is 1. The number of hydrogen-bond donors (Lipinski definition) is 0.